The molecule has 1 atom stereocenters. The second-order valence-electron chi connectivity index (χ2n) is 18.7. The second-order valence-corrected chi connectivity index (χ2v) is 19.7. The van der Waals surface area contributed by atoms with Crippen molar-refractivity contribution in [1.82, 2.24) is 30.0 Å². The van der Waals surface area contributed by atoms with Crippen molar-refractivity contribution in [3.63, 3.8) is 0 Å². The Labute approximate surface area is 414 Å². The minimum Gasteiger partial charge on any atom is -0.493 e. The molecule has 17 heteroatoms. The third kappa shape index (κ3) is 10.1. The molecule has 1 unspecified atom stereocenters. The molecule has 4 amide bonds. The lowest BCUT2D eigenvalue weighted by molar-refractivity contribution is -0.134. The zero-order valence-electron chi connectivity index (χ0n) is 39.7. The van der Waals surface area contributed by atoms with E-state index in [1.54, 1.807) is 11.7 Å². The largest absolute Gasteiger partial charge is 0.493 e. The van der Waals surface area contributed by atoms with E-state index in [0.29, 0.717) is 77.7 Å². The van der Waals surface area contributed by atoms with E-state index in [0.717, 1.165) is 88.6 Å². The molecule has 10 rings (SSSR count). The summed E-state index contributed by atoms with van der Waals surface area (Å²) >= 11 is 1.43. The van der Waals surface area contributed by atoms with Crippen LogP contribution >= 0.6 is 11.3 Å². The van der Waals surface area contributed by atoms with Gasteiger partial charge in [0.05, 0.1) is 46.2 Å². The van der Waals surface area contributed by atoms with Crippen LogP contribution in [-0.2, 0) is 34.4 Å². The number of nitrogens with one attached hydrogen (secondary N) is 3. The number of likely N-dealkylation sites (tertiary alicyclic amines) is 1. The van der Waals surface area contributed by atoms with Crippen LogP contribution in [0.3, 0.4) is 0 Å². The summed E-state index contributed by atoms with van der Waals surface area (Å²) in [7, 11) is 1.80. The van der Waals surface area contributed by atoms with Crippen LogP contribution in [0, 0.1) is 12.8 Å². The highest BCUT2D eigenvalue weighted by Gasteiger charge is 2.33. The zero-order valence-corrected chi connectivity index (χ0v) is 40.5. The van der Waals surface area contributed by atoms with Crippen molar-refractivity contribution in [2.24, 2.45) is 13.0 Å². The van der Waals surface area contributed by atoms with Crippen molar-refractivity contribution in [2.45, 2.75) is 70.8 Å². The van der Waals surface area contributed by atoms with Gasteiger partial charge < -0.3 is 20.1 Å². The lowest BCUT2D eigenvalue weighted by atomic mass is 9.91. The normalized spacial score (nSPS) is 16.5. The molecular formula is C54H55N9O7S. The average molecular weight is 974 g/mol. The first-order valence-corrected chi connectivity index (χ1v) is 25.1. The predicted molar refractivity (Wildman–Crippen MR) is 273 cm³/mol. The van der Waals surface area contributed by atoms with Gasteiger partial charge in [0, 0.05) is 43.1 Å². The highest BCUT2D eigenvalue weighted by molar-refractivity contribution is 7.22. The van der Waals surface area contributed by atoms with Crippen molar-refractivity contribution in [2.75, 3.05) is 48.3 Å². The van der Waals surface area contributed by atoms with E-state index < -0.39 is 11.9 Å². The van der Waals surface area contributed by atoms with E-state index in [2.05, 4.69) is 30.9 Å². The molecule has 0 aliphatic carbocycles. The number of amides is 4. The number of pyridine rings is 1. The molecule has 0 bridgehead atoms. The van der Waals surface area contributed by atoms with Crippen molar-refractivity contribution in [3.05, 3.63) is 125 Å². The Bertz CT molecular complexity index is 3180. The number of aromatic carboxylic acids is 1. The fraction of sp³-hybridized carbons (Fsp3) is 0.333. The van der Waals surface area contributed by atoms with Gasteiger partial charge in [-0.2, -0.15) is 5.10 Å². The fourth-order valence-corrected chi connectivity index (χ4v) is 11.2. The number of fused-ring (bicyclic) bond motifs is 3. The standard InChI is InChI=1S/C54H55N9O7S/c1-32-35(36-19-21-45(57-49(36)53(68)69)63-28-25-34-11-7-13-37(40(34)30-63)51(66)59-54-56-41-15-3-4-18-44(41)71-54)12-9-17-43(32)70-29-6-5-10-33-23-26-62(27-24-33)31-47(65)55-42-16-8-14-38-48(60-61(2)50(38)42)39-20-22-46(64)58-52(39)67/h3-4,7-9,11-19,21,33,39H,5-6,10,20,22-31H2,1-2H3,(H,55,65)(H,68,69)(H,56,59,66)(H,58,64,67). The number of anilines is 3. The van der Waals surface area contributed by atoms with Crippen molar-refractivity contribution in [3.8, 4) is 16.9 Å². The topological polar surface area (TPSA) is 201 Å². The number of benzene rings is 4. The Kier molecular flexibility index (Phi) is 13.6. The van der Waals surface area contributed by atoms with Gasteiger partial charge in [-0.15, -0.1) is 0 Å². The van der Waals surface area contributed by atoms with E-state index in [1.807, 2.05) is 103 Å². The Morgan fingerprint density at radius 3 is 2.49 bits per heavy atom. The summed E-state index contributed by atoms with van der Waals surface area (Å²) < 4.78 is 8.99. The van der Waals surface area contributed by atoms with Gasteiger partial charge in [0.1, 0.15) is 11.6 Å². The number of rotatable bonds is 15. The number of carbonyl (C=O) groups excluding carboxylic acids is 4. The first kappa shape index (κ1) is 47.2. The van der Waals surface area contributed by atoms with Gasteiger partial charge in [-0.25, -0.2) is 14.8 Å². The summed E-state index contributed by atoms with van der Waals surface area (Å²) in [6.07, 6.45) is 6.31. The maximum Gasteiger partial charge on any atom is 0.355 e. The smallest absolute Gasteiger partial charge is 0.355 e. The van der Waals surface area contributed by atoms with Crippen molar-refractivity contribution >= 4 is 78.7 Å². The number of unbranched alkanes of at least 4 members (excludes halogenated alkanes) is 1. The van der Waals surface area contributed by atoms with Gasteiger partial charge in [0.15, 0.2) is 10.8 Å². The molecule has 71 heavy (non-hydrogen) atoms. The molecule has 3 aliphatic heterocycles. The zero-order chi connectivity index (χ0) is 49.2. The molecule has 4 aromatic carbocycles. The molecule has 0 radical (unpaired) electrons. The van der Waals surface area contributed by atoms with Crippen LogP contribution in [-0.4, -0.2) is 92.1 Å². The van der Waals surface area contributed by atoms with Gasteiger partial charge in [-0.05, 0) is 129 Å². The Morgan fingerprint density at radius 2 is 1.68 bits per heavy atom. The number of aryl methyl sites for hydroxylation is 1. The first-order chi connectivity index (χ1) is 34.5. The molecule has 4 N–H and O–H groups in total. The molecule has 2 fully saturated rings. The molecular weight excluding hydrogens is 919 g/mol. The number of piperidine rings is 2. The SMILES string of the molecule is Cc1c(OCCCCC2CCN(CC(=O)Nc3cccc4c(C5CCC(=O)NC5=O)nn(C)c34)CC2)cccc1-c1ccc(N2CCc3cccc(C(=O)Nc4nc5ccccc5s4)c3C2)nc1C(=O)O. The first-order valence-electron chi connectivity index (χ1n) is 24.3. The molecule has 0 spiro atoms. The van der Waals surface area contributed by atoms with E-state index in [1.165, 1.54) is 11.3 Å². The molecule has 2 saturated heterocycles. The van der Waals surface area contributed by atoms with Crippen LogP contribution < -0.4 is 25.6 Å². The van der Waals surface area contributed by atoms with Crippen LogP contribution in [0.1, 0.15) is 94.1 Å². The van der Waals surface area contributed by atoms with Crippen LogP contribution in [0.2, 0.25) is 0 Å². The maximum absolute atomic E-state index is 13.6. The predicted octanol–water partition coefficient (Wildman–Crippen LogP) is 8.49. The summed E-state index contributed by atoms with van der Waals surface area (Å²) in [5.74, 6) is -0.816. The molecule has 16 nitrogen and oxygen atoms in total. The molecule has 364 valence electrons. The van der Waals surface area contributed by atoms with E-state index >= 15 is 0 Å². The fourth-order valence-electron chi connectivity index (χ4n) is 10.4. The molecule has 6 heterocycles. The second kappa shape index (κ2) is 20.5. The average Bonchev–Trinajstić information content (AvgIpc) is 3.94. The number of nitrogens with zero attached hydrogens (tertiary/aromatic N) is 6. The molecule has 3 aromatic heterocycles. The summed E-state index contributed by atoms with van der Waals surface area (Å²) in [4.78, 5) is 77.6. The Balaban J connectivity index is 0.701. The third-order valence-electron chi connectivity index (χ3n) is 14.1. The quantitative estimate of drug-likeness (QED) is 0.0565. The van der Waals surface area contributed by atoms with Crippen LogP contribution in [0.4, 0.5) is 16.6 Å². The number of imide groups is 1. The summed E-state index contributed by atoms with van der Waals surface area (Å²) in [5.41, 5.74) is 7.36. The summed E-state index contributed by atoms with van der Waals surface area (Å²) in [6.45, 7) is 5.44. The van der Waals surface area contributed by atoms with Crippen LogP contribution in [0.5, 0.6) is 5.75 Å². The number of thiazole rings is 1. The highest BCUT2D eigenvalue weighted by Crippen LogP contribution is 2.36. The number of aromatic nitrogens is 4. The number of carboxylic acids is 1. The van der Waals surface area contributed by atoms with Crippen molar-refractivity contribution in [1.29, 1.82) is 0 Å². The van der Waals surface area contributed by atoms with Crippen LogP contribution in [0.15, 0.2) is 91.0 Å². The Hall–Kier alpha value is -7.50. The number of hydrogen-bond acceptors (Lipinski definition) is 12. The van der Waals surface area contributed by atoms with Gasteiger partial charge >= 0.3 is 5.97 Å². The number of para-hydroxylation sites is 2. The molecule has 7 aromatic rings. The minimum absolute atomic E-state index is 0.0495. The summed E-state index contributed by atoms with van der Waals surface area (Å²) in [6, 6.07) is 28.5. The van der Waals surface area contributed by atoms with E-state index in [9.17, 15) is 29.1 Å². The van der Waals surface area contributed by atoms with Gasteiger partial charge in [0.2, 0.25) is 17.7 Å². The van der Waals surface area contributed by atoms with E-state index in [-0.39, 0.29) is 42.3 Å². The molecule has 0 saturated carbocycles. The highest BCUT2D eigenvalue weighted by atomic mass is 32.1. The van der Waals surface area contributed by atoms with Gasteiger partial charge in [-0.1, -0.05) is 66.3 Å². The third-order valence-corrected chi connectivity index (χ3v) is 15.0. The van der Waals surface area contributed by atoms with E-state index in [4.69, 9.17) is 9.72 Å². The lowest BCUT2D eigenvalue weighted by Crippen LogP contribution is -2.39. The number of carboxylic acid groups (broad SMARTS) is 1. The van der Waals surface area contributed by atoms with Crippen LogP contribution in [0.25, 0.3) is 32.2 Å². The number of hydrogen-bond donors (Lipinski definition) is 4. The summed E-state index contributed by atoms with van der Waals surface area (Å²) in [5, 5.41) is 24.9. The van der Waals surface area contributed by atoms with Crippen molar-refractivity contribution < 1.29 is 33.8 Å². The monoisotopic (exact) mass is 973 g/mol. The van der Waals surface area contributed by atoms with Gasteiger partial charge in [0.25, 0.3) is 5.91 Å². The number of carbonyl (C=O) groups is 5. The lowest BCUT2D eigenvalue weighted by Gasteiger charge is -2.31. The Morgan fingerprint density at radius 1 is 0.859 bits per heavy atom. The maximum atomic E-state index is 13.6. The minimum atomic E-state index is -1.13. The number of ether oxygens (including phenoxy) is 1. The molecule has 3 aliphatic rings. The van der Waals surface area contributed by atoms with Gasteiger partial charge in [-0.3, -0.25) is 39.4 Å².